The molecule has 0 aromatic rings. The van der Waals surface area contributed by atoms with E-state index in [4.69, 9.17) is 23.5 Å². The van der Waals surface area contributed by atoms with E-state index in [1.807, 2.05) is 0 Å². The van der Waals surface area contributed by atoms with Crippen molar-refractivity contribution in [3.8, 4) is 0 Å². The highest BCUT2D eigenvalue weighted by atomic mass is 32.3. The molecule has 0 spiro atoms. The van der Waals surface area contributed by atoms with Gasteiger partial charge in [-0.15, -0.1) is 0 Å². The van der Waals surface area contributed by atoms with Crippen LogP contribution in [0.5, 0.6) is 0 Å². The minimum Gasteiger partial charge on any atom is -0.457 e. The summed E-state index contributed by atoms with van der Waals surface area (Å²) in [6.07, 6.45) is 38.9. The van der Waals surface area contributed by atoms with Gasteiger partial charge in [0.1, 0.15) is 30.5 Å². The summed E-state index contributed by atoms with van der Waals surface area (Å²) in [5.74, 6) is -0.405. The summed E-state index contributed by atoms with van der Waals surface area (Å²) in [4.78, 5) is 12.8. The zero-order chi connectivity index (χ0) is 44.7. The van der Waals surface area contributed by atoms with E-state index in [0.29, 0.717) is 13.0 Å². The van der Waals surface area contributed by atoms with Gasteiger partial charge >= 0.3 is 16.4 Å². The summed E-state index contributed by atoms with van der Waals surface area (Å²) >= 11 is 0. The lowest BCUT2D eigenvalue weighted by atomic mass is 9.99. The topological polar surface area (TPSA) is 178 Å². The Morgan fingerprint density at radius 3 is 1.66 bits per heavy atom. The van der Waals surface area contributed by atoms with E-state index in [2.05, 4.69) is 66.6 Å². The van der Waals surface area contributed by atoms with Gasteiger partial charge in [-0.05, 0) is 51.4 Å². The number of carbonyl (C=O) groups is 1. The third-order valence-electron chi connectivity index (χ3n) is 10.7. The second-order valence-electron chi connectivity index (χ2n) is 16.3. The Bertz CT molecular complexity index is 1250. The summed E-state index contributed by atoms with van der Waals surface area (Å²) in [5, 5.41) is 30.6. The van der Waals surface area contributed by atoms with E-state index in [-0.39, 0.29) is 19.6 Å². The molecular formula is C48H86O12S. The minimum atomic E-state index is -5.06. The Labute approximate surface area is 370 Å². The van der Waals surface area contributed by atoms with Crippen LogP contribution in [0.1, 0.15) is 187 Å². The number of aliphatic hydroxyl groups is 3. The van der Waals surface area contributed by atoms with Crippen molar-refractivity contribution in [3.63, 3.8) is 0 Å². The molecule has 1 fully saturated rings. The maximum Gasteiger partial charge on any atom is 0.397 e. The number of unbranched alkanes of at least 4 members (excludes halogenated alkanes) is 20. The van der Waals surface area contributed by atoms with E-state index in [1.54, 1.807) is 0 Å². The molecule has 1 aliphatic rings. The number of carbonyl (C=O) groups excluding carboxylic acids is 1. The van der Waals surface area contributed by atoms with Crippen LogP contribution >= 0.6 is 0 Å². The normalized spacial score (nSPS) is 20.5. The zero-order valence-corrected chi connectivity index (χ0v) is 38.8. The number of hydrogen-bond acceptors (Lipinski definition) is 11. The molecule has 0 aromatic carbocycles. The molecule has 1 rings (SSSR count). The average Bonchev–Trinajstić information content (AvgIpc) is 3.23. The van der Waals surface area contributed by atoms with E-state index >= 15 is 0 Å². The molecule has 4 N–H and O–H groups in total. The highest BCUT2D eigenvalue weighted by molar-refractivity contribution is 7.80. The quantitative estimate of drug-likeness (QED) is 0.0198. The van der Waals surface area contributed by atoms with Crippen molar-refractivity contribution < 1.29 is 56.2 Å². The van der Waals surface area contributed by atoms with Crippen molar-refractivity contribution >= 4 is 16.4 Å². The van der Waals surface area contributed by atoms with Crippen LogP contribution in [0.3, 0.4) is 0 Å². The maximum absolute atomic E-state index is 12.8. The van der Waals surface area contributed by atoms with E-state index < -0.39 is 59.8 Å². The molecule has 0 aromatic heterocycles. The van der Waals surface area contributed by atoms with Gasteiger partial charge < -0.3 is 34.3 Å². The highest BCUT2D eigenvalue weighted by Gasteiger charge is 2.48. The molecule has 1 aliphatic heterocycles. The molecule has 0 radical (unpaired) electrons. The average molecular weight is 887 g/mol. The van der Waals surface area contributed by atoms with Crippen molar-refractivity contribution in [1.82, 2.24) is 0 Å². The first-order valence-electron chi connectivity index (χ1n) is 23.9. The first-order valence-corrected chi connectivity index (χ1v) is 25.3. The first kappa shape index (κ1) is 57.1. The molecule has 0 bridgehead atoms. The van der Waals surface area contributed by atoms with Gasteiger partial charge in [0.15, 0.2) is 6.29 Å². The number of aliphatic hydroxyl groups excluding tert-OH is 3. The van der Waals surface area contributed by atoms with Crippen LogP contribution in [0.2, 0.25) is 0 Å². The van der Waals surface area contributed by atoms with Crippen molar-refractivity contribution in [2.75, 3.05) is 26.4 Å². The predicted molar refractivity (Wildman–Crippen MR) is 243 cm³/mol. The molecule has 0 amide bonds. The summed E-state index contributed by atoms with van der Waals surface area (Å²) in [5.41, 5.74) is 0. The van der Waals surface area contributed by atoms with Gasteiger partial charge in [-0.1, -0.05) is 178 Å². The highest BCUT2D eigenvalue weighted by Crippen LogP contribution is 2.26. The molecule has 1 saturated heterocycles. The maximum atomic E-state index is 12.8. The molecule has 6 unspecified atom stereocenters. The summed E-state index contributed by atoms with van der Waals surface area (Å²) in [7, 11) is -5.06. The Morgan fingerprint density at radius 2 is 1.13 bits per heavy atom. The van der Waals surface area contributed by atoms with Crippen molar-refractivity contribution in [2.24, 2.45) is 0 Å². The second-order valence-corrected chi connectivity index (χ2v) is 17.4. The number of rotatable bonds is 41. The Balaban J connectivity index is 2.25. The van der Waals surface area contributed by atoms with Gasteiger partial charge in [-0.2, -0.15) is 8.42 Å². The van der Waals surface area contributed by atoms with Crippen LogP contribution in [-0.4, -0.2) is 97.5 Å². The van der Waals surface area contributed by atoms with E-state index in [9.17, 15) is 28.5 Å². The first-order chi connectivity index (χ1) is 29.6. The van der Waals surface area contributed by atoms with Crippen LogP contribution < -0.4 is 0 Å². The lowest BCUT2D eigenvalue weighted by Gasteiger charge is -2.41. The summed E-state index contributed by atoms with van der Waals surface area (Å²) in [6, 6.07) is 0. The van der Waals surface area contributed by atoms with E-state index in [1.165, 1.54) is 96.3 Å². The Morgan fingerprint density at radius 1 is 0.639 bits per heavy atom. The standard InChI is InChI=1S/C48H86O12S/c1-3-5-7-9-11-13-14-15-16-17-18-19-20-21-22-23-24-25-26-27-28-29-30-32-34-36-38-56-40-42(58-44(50)37-35-33-31-12-10-8-6-4-2)41-57-48-46(52)47(60-61(53,54)55)45(51)43(39-49)59-48/h5,7,11,13,15-16,18-19,42-43,45-49,51-52H,3-4,6,8-10,12,14,17,20-41H2,1-2H3,(H,53,54,55)/b7-5-,13-11-,16-15-,19-18-. The third-order valence-corrected chi connectivity index (χ3v) is 11.2. The van der Waals surface area contributed by atoms with Crippen LogP contribution in [-0.2, 0) is 38.3 Å². The second kappa shape index (κ2) is 39.6. The number of esters is 1. The molecule has 61 heavy (non-hydrogen) atoms. The van der Waals surface area contributed by atoms with Crippen molar-refractivity contribution in [3.05, 3.63) is 48.6 Å². The third kappa shape index (κ3) is 33.3. The van der Waals surface area contributed by atoms with Crippen LogP contribution in [0.4, 0.5) is 0 Å². The van der Waals surface area contributed by atoms with E-state index in [0.717, 1.165) is 64.2 Å². The number of hydrogen-bond donors (Lipinski definition) is 4. The summed E-state index contributed by atoms with van der Waals surface area (Å²) < 4.78 is 58.9. The van der Waals surface area contributed by atoms with Gasteiger partial charge in [0.2, 0.25) is 0 Å². The van der Waals surface area contributed by atoms with Gasteiger partial charge in [0.25, 0.3) is 0 Å². The SMILES string of the molecule is CC/C=C\C/C=C\C/C=C\C/C=C\CCCCCCCCCCCCCCCOCC(COC1OC(CO)C(O)C(OS(=O)(=O)O)C1O)OC(=O)CCCCCCCCCC. The van der Waals surface area contributed by atoms with Gasteiger partial charge in [-0.3, -0.25) is 9.35 Å². The van der Waals surface area contributed by atoms with Gasteiger partial charge in [0.05, 0.1) is 19.8 Å². The van der Waals surface area contributed by atoms with Crippen LogP contribution in [0.25, 0.3) is 0 Å². The molecular weight excluding hydrogens is 801 g/mol. The van der Waals surface area contributed by atoms with Gasteiger partial charge in [-0.25, -0.2) is 4.18 Å². The largest absolute Gasteiger partial charge is 0.457 e. The molecule has 13 heteroatoms. The Hall–Kier alpha value is -1.94. The molecule has 1 heterocycles. The zero-order valence-electron chi connectivity index (χ0n) is 38.0. The van der Waals surface area contributed by atoms with Crippen molar-refractivity contribution in [1.29, 1.82) is 0 Å². The smallest absolute Gasteiger partial charge is 0.397 e. The lowest BCUT2D eigenvalue weighted by Crippen LogP contribution is -2.60. The fourth-order valence-electron chi connectivity index (χ4n) is 7.13. The molecule has 12 nitrogen and oxygen atoms in total. The monoisotopic (exact) mass is 887 g/mol. The van der Waals surface area contributed by atoms with Crippen LogP contribution in [0.15, 0.2) is 48.6 Å². The molecule has 6 atom stereocenters. The summed E-state index contributed by atoms with van der Waals surface area (Å²) in [6.45, 7) is 3.84. The van der Waals surface area contributed by atoms with Gasteiger partial charge in [0, 0.05) is 13.0 Å². The van der Waals surface area contributed by atoms with Crippen LogP contribution in [0, 0.1) is 0 Å². The van der Waals surface area contributed by atoms with Crippen molar-refractivity contribution in [2.45, 2.75) is 224 Å². The fraction of sp³-hybridized carbons (Fsp3) is 0.812. The fourth-order valence-corrected chi connectivity index (χ4v) is 7.64. The number of allylic oxidation sites excluding steroid dienone is 8. The lowest BCUT2D eigenvalue weighted by molar-refractivity contribution is -0.301. The molecule has 356 valence electrons. The molecule has 0 saturated carbocycles. The number of ether oxygens (including phenoxy) is 4. The predicted octanol–water partition coefficient (Wildman–Crippen LogP) is 10.4. The molecule has 0 aliphatic carbocycles. The minimum absolute atomic E-state index is 0.0360. The Kier molecular flexibility index (Phi) is 37.1.